The van der Waals surface area contributed by atoms with E-state index in [1.165, 1.54) is 33.4 Å². The molecule has 2 N–H and O–H groups in total. The summed E-state index contributed by atoms with van der Waals surface area (Å²) in [5.41, 5.74) is 11.5. The van der Waals surface area contributed by atoms with Gasteiger partial charge < -0.3 is 24.4 Å². The Morgan fingerprint density at radius 2 is 1.04 bits per heavy atom. The number of hydrogen-bond acceptors (Lipinski definition) is 8. The molecule has 1 saturated heterocycles. The van der Waals surface area contributed by atoms with Gasteiger partial charge in [0.2, 0.25) is 0 Å². The molecule has 1 heterocycles. The van der Waals surface area contributed by atoms with Crippen molar-refractivity contribution in [2.75, 3.05) is 13.2 Å². The molecule has 0 aromatic heterocycles. The number of cyclic esters (lactones) is 1. The summed E-state index contributed by atoms with van der Waals surface area (Å²) in [4.78, 5) is 22.0. The molecule has 69 heavy (non-hydrogen) atoms. The highest BCUT2D eigenvalue weighted by Gasteiger charge is 2.34. The highest BCUT2D eigenvalue weighted by Crippen LogP contribution is 2.43. The normalized spacial score (nSPS) is 15.7. The Kier molecular flexibility index (Phi) is 20.5. The van der Waals surface area contributed by atoms with Gasteiger partial charge in [-0.1, -0.05) is 88.4 Å². The molecule has 0 aliphatic carbocycles. The zero-order chi connectivity index (χ0) is 51.5. The van der Waals surface area contributed by atoms with E-state index in [1.807, 2.05) is 54.5 Å². The molecule has 11 heteroatoms. The number of benzene rings is 4. The molecule has 1 fully saturated rings. The number of esters is 1. The van der Waals surface area contributed by atoms with Crippen LogP contribution in [0.4, 0.5) is 0 Å². The third-order valence-corrected chi connectivity index (χ3v) is 18.0. The van der Waals surface area contributed by atoms with Crippen molar-refractivity contribution in [2.24, 2.45) is 0 Å². The summed E-state index contributed by atoms with van der Waals surface area (Å²) in [5.74, 6) is 1.62. The Bertz CT molecular complexity index is 2420. The number of carbonyl (C=O) groups excluding carboxylic acids is 1. The molecule has 0 bridgehead atoms. The molecule has 1 aliphatic rings. The molecular formula is C58H82O9S2. The second kappa shape index (κ2) is 24.7. The molecule has 9 nitrogen and oxygen atoms in total. The zero-order valence-corrected chi connectivity index (χ0v) is 45.8. The van der Waals surface area contributed by atoms with Crippen molar-refractivity contribution in [1.29, 1.82) is 0 Å². The summed E-state index contributed by atoms with van der Waals surface area (Å²) in [5, 5.41) is 18.8. The molecule has 0 amide bonds. The zero-order valence-electron chi connectivity index (χ0n) is 44.1. The second-order valence-electron chi connectivity index (χ2n) is 20.9. The third-order valence-electron chi connectivity index (χ3n) is 14.1. The number of carboxylic acids is 1. The van der Waals surface area contributed by atoms with Gasteiger partial charge >= 0.3 is 11.9 Å². The van der Waals surface area contributed by atoms with E-state index < -0.39 is 33.7 Å². The van der Waals surface area contributed by atoms with Gasteiger partial charge in [0.05, 0.1) is 6.10 Å². The fraction of sp³-hybridized carbons (Fsp3) is 0.552. The Labute approximate surface area is 419 Å². The molecule has 0 spiro atoms. The first-order valence-electron chi connectivity index (χ1n) is 24.9. The number of aliphatic hydroxyl groups is 1. The van der Waals surface area contributed by atoms with E-state index in [0.717, 1.165) is 60.1 Å². The Morgan fingerprint density at radius 3 is 1.38 bits per heavy atom. The van der Waals surface area contributed by atoms with Gasteiger partial charge in [-0.3, -0.25) is 18.0 Å². The third kappa shape index (κ3) is 14.9. The lowest BCUT2D eigenvalue weighted by Gasteiger charge is -2.34. The summed E-state index contributed by atoms with van der Waals surface area (Å²) in [7, 11) is -1.86. The lowest BCUT2D eigenvalue weighted by Crippen LogP contribution is -2.27. The van der Waals surface area contributed by atoms with Crippen LogP contribution in [0.2, 0.25) is 0 Å². The SMILES string of the molecule is CCC(CC)(c1ccc(CS(=O)C(C)(C)C)c(C)c1)c1ccc(OC[C@@H](O)CCC(=O)O)c(C)c1.CCC(CC)(c1ccc(CS(=O)C(C)(C)C)c(C)c1)c1ccc(OC[C@@H]2CCC(=O)O2)c(C)c1. The van der Waals surface area contributed by atoms with Crippen LogP contribution in [-0.4, -0.2) is 65.5 Å². The Morgan fingerprint density at radius 1 is 0.652 bits per heavy atom. The predicted octanol–water partition coefficient (Wildman–Crippen LogP) is 12.6. The molecule has 0 saturated carbocycles. The largest absolute Gasteiger partial charge is 0.491 e. The van der Waals surface area contributed by atoms with Crippen LogP contribution in [0.1, 0.15) is 176 Å². The van der Waals surface area contributed by atoms with Crippen LogP contribution >= 0.6 is 0 Å². The smallest absolute Gasteiger partial charge is 0.306 e. The minimum atomic E-state index is -0.942. The molecule has 1 aliphatic heterocycles. The van der Waals surface area contributed by atoms with Crippen LogP contribution < -0.4 is 9.47 Å². The maximum atomic E-state index is 12.7. The molecule has 380 valence electrons. The lowest BCUT2D eigenvalue weighted by molar-refractivity contribution is -0.142. The van der Waals surface area contributed by atoms with E-state index in [-0.39, 0.29) is 51.8 Å². The predicted molar refractivity (Wildman–Crippen MR) is 284 cm³/mol. The van der Waals surface area contributed by atoms with Gasteiger partial charge in [-0.25, -0.2) is 0 Å². The van der Waals surface area contributed by atoms with E-state index in [4.69, 9.17) is 19.3 Å². The van der Waals surface area contributed by atoms with Gasteiger partial charge in [0.1, 0.15) is 30.8 Å². The minimum Gasteiger partial charge on any atom is -0.491 e. The van der Waals surface area contributed by atoms with Gasteiger partial charge in [0.25, 0.3) is 0 Å². The molecule has 4 atom stereocenters. The van der Waals surface area contributed by atoms with Gasteiger partial charge in [0, 0.05) is 66.3 Å². The van der Waals surface area contributed by atoms with Gasteiger partial charge in [0.15, 0.2) is 0 Å². The average Bonchev–Trinajstić information content (AvgIpc) is 3.71. The van der Waals surface area contributed by atoms with E-state index in [9.17, 15) is 23.1 Å². The van der Waals surface area contributed by atoms with Crippen LogP contribution in [0.25, 0.3) is 0 Å². The quantitative estimate of drug-likeness (QED) is 0.0782. The van der Waals surface area contributed by atoms with Crippen LogP contribution in [0.5, 0.6) is 11.5 Å². The maximum absolute atomic E-state index is 12.7. The number of ether oxygens (including phenoxy) is 3. The maximum Gasteiger partial charge on any atom is 0.306 e. The van der Waals surface area contributed by atoms with E-state index >= 15 is 0 Å². The van der Waals surface area contributed by atoms with Gasteiger partial charge in [-0.15, -0.1) is 0 Å². The summed E-state index contributed by atoms with van der Waals surface area (Å²) in [6.45, 7) is 29.8. The standard InChI is InChI=1S/C29H42O5S.C29H40O4S/c1-8-29(9-2,23-11-10-22(20(3)16-23)19-35(33)28(5,6)7)24-12-14-26(21(4)17-24)34-18-25(30)13-15-27(31)32;1-8-29(9-2,23-11-10-22(20(3)16-23)19-34(31)28(5,6)7)24-12-14-26(21(4)17-24)32-18-25-13-15-27(30)33-25/h10-12,14,16-17,25,30H,8-9,13,15,18-19H2,1-7H3,(H,31,32);10-12,14,16-17,25H,8-9,13,15,18-19H2,1-7H3/t25-,35?;25-,34?/m00/s1. The number of carbonyl (C=O) groups is 2. The van der Waals surface area contributed by atoms with Crippen molar-refractivity contribution in [3.63, 3.8) is 0 Å². The van der Waals surface area contributed by atoms with Gasteiger partial charge in [-0.05, 0) is 176 Å². The fourth-order valence-electron chi connectivity index (χ4n) is 9.15. The van der Waals surface area contributed by atoms with E-state index in [0.29, 0.717) is 30.3 Å². The van der Waals surface area contributed by atoms with Gasteiger partial charge in [-0.2, -0.15) is 0 Å². The first-order chi connectivity index (χ1) is 32.3. The number of carboxylic acid groups (broad SMARTS) is 1. The number of rotatable bonds is 21. The number of aliphatic carboxylic acids is 1. The van der Waals surface area contributed by atoms with Crippen LogP contribution in [0, 0.1) is 27.7 Å². The summed E-state index contributed by atoms with van der Waals surface area (Å²) < 4.78 is 42.0. The molecule has 2 unspecified atom stereocenters. The van der Waals surface area contributed by atoms with Crippen molar-refractivity contribution in [2.45, 2.75) is 192 Å². The monoisotopic (exact) mass is 987 g/mol. The van der Waals surface area contributed by atoms with Crippen molar-refractivity contribution >= 4 is 33.5 Å². The molecule has 0 radical (unpaired) electrons. The molecule has 4 aromatic rings. The van der Waals surface area contributed by atoms with Crippen LogP contribution in [0.15, 0.2) is 72.8 Å². The number of hydrogen-bond donors (Lipinski definition) is 2. The van der Waals surface area contributed by atoms with Crippen molar-refractivity contribution in [3.05, 3.63) is 128 Å². The Balaban J connectivity index is 0.000000301. The van der Waals surface area contributed by atoms with Crippen LogP contribution in [-0.2, 0) is 58.3 Å². The summed E-state index contributed by atoms with van der Waals surface area (Å²) >= 11 is 0. The molecule has 4 aromatic carbocycles. The first-order valence-corrected chi connectivity index (χ1v) is 27.5. The van der Waals surface area contributed by atoms with Crippen molar-refractivity contribution < 1.29 is 42.4 Å². The second-order valence-corrected chi connectivity index (χ2v) is 25.3. The van der Waals surface area contributed by atoms with Crippen molar-refractivity contribution in [1.82, 2.24) is 0 Å². The molecule has 5 rings (SSSR count). The summed E-state index contributed by atoms with van der Waals surface area (Å²) in [6, 6.07) is 25.9. The van der Waals surface area contributed by atoms with E-state index in [2.05, 4.69) is 115 Å². The Hall–Kier alpha value is -4.32. The topological polar surface area (TPSA) is 136 Å². The fourth-order valence-corrected chi connectivity index (χ4v) is 11.2. The molecular weight excluding hydrogens is 905 g/mol. The van der Waals surface area contributed by atoms with Crippen molar-refractivity contribution in [3.8, 4) is 11.5 Å². The highest BCUT2D eigenvalue weighted by atomic mass is 32.2. The van der Waals surface area contributed by atoms with Crippen LogP contribution in [0.3, 0.4) is 0 Å². The number of aryl methyl sites for hydroxylation is 4. The number of aliphatic hydroxyl groups excluding tert-OH is 1. The highest BCUT2D eigenvalue weighted by molar-refractivity contribution is 7.85. The van der Waals surface area contributed by atoms with E-state index in [1.54, 1.807) is 0 Å². The first kappa shape index (κ1) is 57.3. The lowest BCUT2D eigenvalue weighted by atomic mass is 9.70. The minimum absolute atomic E-state index is 0.0662. The summed E-state index contributed by atoms with van der Waals surface area (Å²) in [6.07, 6.45) is 4.16. The average molecular weight is 987 g/mol.